The number of hydrogen-bond acceptors (Lipinski definition) is 7. The first kappa shape index (κ1) is 25.6. The molecule has 0 aliphatic carbocycles. The number of ether oxygens (including phenoxy) is 1. The summed E-state index contributed by atoms with van der Waals surface area (Å²) in [6.07, 6.45) is 0.660. The normalized spacial score (nSPS) is 12.5. The van der Waals surface area contributed by atoms with Gasteiger partial charge in [-0.05, 0) is 59.3 Å². The summed E-state index contributed by atoms with van der Waals surface area (Å²) in [6, 6.07) is 10.6. The lowest BCUT2D eigenvalue weighted by molar-refractivity contribution is -0.116. The summed E-state index contributed by atoms with van der Waals surface area (Å²) in [5.41, 5.74) is 2.86. The number of hydroxylamine groups is 1. The summed E-state index contributed by atoms with van der Waals surface area (Å²) >= 11 is 1.97. The number of hydrogen-bond donors (Lipinski definition) is 4. The molecule has 0 saturated heterocycles. The zero-order valence-electron chi connectivity index (χ0n) is 19.1. The number of anilines is 3. The number of carbonyl (C=O) groups excluding carboxylic acids is 2. The molecule has 2 amide bonds. The van der Waals surface area contributed by atoms with Gasteiger partial charge in [0.05, 0.1) is 18.9 Å². The summed E-state index contributed by atoms with van der Waals surface area (Å²) < 4.78 is 22.5. The van der Waals surface area contributed by atoms with Crippen molar-refractivity contribution in [2.24, 2.45) is 7.05 Å². The van der Waals surface area contributed by atoms with Gasteiger partial charge in [-0.15, -0.1) is 0 Å². The first-order chi connectivity index (χ1) is 17.3. The first-order valence-corrected chi connectivity index (χ1v) is 11.9. The molecule has 0 atom stereocenters. The summed E-state index contributed by atoms with van der Waals surface area (Å²) in [4.78, 5) is 42.8. The van der Waals surface area contributed by atoms with E-state index in [9.17, 15) is 18.8 Å². The molecule has 2 aromatic carbocycles. The minimum absolute atomic E-state index is 0.0349. The van der Waals surface area contributed by atoms with Gasteiger partial charge in [0.25, 0.3) is 11.5 Å². The van der Waals surface area contributed by atoms with Crippen molar-refractivity contribution < 1.29 is 28.7 Å². The van der Waals surface area contributed by atoms with Crippen LogP contribution in [-0.4, -0.2) is 34.7 Å². The zero-order chi connectivity index (χ0) is 25.8. The highest BCUT2D eigenvalue weighted by atomic mass is 127. The number of nitrogens with one attached hydrogen (secondary N) is 3. The van der Waals surface area contributed by atoms with Crippen LogP contribution in [-0.2, 0) is 23.1 Å². The second-order valence-corrected chi connectivity index (χ2v) is 9.06. The minimum atomic E-state index is -0.791. The number of amides is 2. The predicted molar refractivity (Wildman–Crippen MR) is 138 cm³/mol. The SMILES string of the molecule is Cn1c(Nc2ccc(I)cc2F)c(C(=O)NOCCO)c(Oc2cccc3c2CCC(=O)N3)cc1=O. The molecule has 0 unspecified atom stereocenters. The number of aliphatic hydroxyl groups excluding tert-OH is 1. The van der Waals surface area contributed by atoms with Gasteiger partial charge in [-0.1, -0.05) is 6.07 Å². The topological polar surface area (TPSA) is 131 Å². The molecule has 188 valence electrons. The van der Waals surface area contributed by atoms with Crippen LogP contribution in [0.3, 0.4) is 0 Å². The Kier molecular flexibility index (Phi) is 7.86. The summed E-state index contributed by atoms with van der Waals surface area (Å²) in [5.74, 6) is -1.31. The van der Waals surface area contributed by atoms with E-state index >= 15 is 0 Å². The van der Waals surface area contributed by atoms with Crippen LogP contribution < -0.4 is 26.4 Å². The lowest BCUT2D eigenvalue weighted by atomic mass is 10.0. The van der Waals surface area contributed by atoms with Crippen molar-refractivity contribution in [2.75, 3.05) is 23.8 Å². The van der Waals surface area contributed by atoms with E-state index in [2.05, 4.69) is 16.1 Å². The molecule has 2 heterocycles. The van der Waals surface area contributed by atoms with Gasteiger partial charge in [0, 0.05) is 34.4 Å². The number of aromatic nitrogens is 1. The molecule has 4 rings (SSSR count). The van der Waals surface area contributed by atoms with Gasteiger partial charge >= 0.3 is 0 Å². The maximum atomic E-state index is 14.6. The molecule has 12 heteroatoms. The van der Waals surface area contributed by atoms with Crippen LogP contribution in [0.15, 0.2) is 47.3 Å². The molecular formula is C24H22FIN4O6. The Morgan fingerprint density at radius 2 is 2.00 bits per heavy atom. The van der Waals surface area contributed by atoms with Crippen LogP contribution in [0.25, 0.3) is 0 Å². The summed E-state index contributed by atoms with van der Waals surface area (Å²) in [5, 5.41) is 14.6. The fourth-order valence-electron chi connectivity index (χ4n) is 3.66. The molecule has 0 bridgehead atoms. The molecule has 1 aliphatic rings. The highest BCUT2D eigenvalue weighted by molar-refractivity contribution is 14.1. The molecule has 0 fully saturated rings. The summed E-state index contributed by atoms with van der Waals surface area (Å²) in [6.45, 7) is -0.508. The van der Waals surface area contributed by atoms with Gasteiger partial charge in [0.1, 0.15) is 28.7 Å². The van der Waals surface area contributed by atoms with E-state index in [1.165, 1.54) is 19.2 Å². The van der Waals surface area contributed by atoms with E-state index in [0.717, 1.165) is 10.6 Å². The number of aliphatic hydroxyl groups is 1. The third-order valence-corrected chi connectivity index (χ3v) is 6.07. The van der Waals surface area contributed by atoms with Gasteiger partial charge in [-0.2, -0.15) is 0 Å². The van der Waals surface area contributed by atoms with E-state index in [-0.39, 0.29) is 48.4 Å². The van der Waals surface area contributed by atoms with Crippen molar-refractivity contribution in [1.82, 2.24) is 10.0 Å². The Bertz CT molecular complexity index is 1390. The second-order valence-electron chi connectivity index (χ2n) is 7.81. The summed E-state index contributed by atoms with van der Waals surface area (Å²) in [7, 11) is 1.42. The van der Waals surface area contributed by atoms with Gasteiger partial charge in [-0.25, -0.2) is 9.87 Å². The molecule has 0 spiro atoms. The largest absolute Gasteiger partial charge is 0.456 e. The number of carbonyl (C=O) groups is 2. The maximum absolute atomic E-state index is 14.6. The molecule has 0 radical (unpaired) electrons. The monoisotopic (exact) mass is 608 g/mol. The van der Waals surface area contributed by atoms with Crippen molar-refractivity contribution in [3.63, 3.8) is 0 Å². The van der Waals surface area contributed by atoms with Crippen molar-refractivity contribution in [3.8, 4) is 11.5 Å². The Morgan fingerprint density at radius 3 is 2.75 bits per heavy atom. The maximum Gasteiger partial charge on any atom is 0.282 e. The fourth-order valence-corrected chi connectivity index (χ4v) is 4.11. The Hall–Kier alpha value is -3.49. The number of halogens is 2. The smallest absolute Gasteiger partial charge is 0.282 e. The quantitative estimate of drug-likeness (QED) is 0.176. The van der Waals surface area contributed by atoms with Crippen LogP contribution in [0.4, 0.5) is 21.6 Å². The molecular weight excluding hydrogens is 586 g/mol. The van der Waals surface area contributed by atoms with E-state index in [4.69, 9.17) is 14.7 Å². The van der Waals surface area contributed by atoms with Crippen LogP contribution in [0, 0.1) is 9.39 Å². The van der Waals surface area contributed by atoms with Crippen molar-refractivity contribution in [1.29, 1.82) is 0 Å². The third-order valence-electron chi connectivity index (χ3n) is 5.40. The lowest BCUT2D eigenvalue weighted by Crippen LogP contribution is -2.30. The van der Waals surface area contributed by atoms with Crippen LogP contribution >= 0.6 is 22.6 Å². The Labute approximate surface area is 218 Å². The van der Waals surface area contributed by atoms with E-state index in [0.29, 0.717) is 27.0 Å². The molecule has 10 nitrogen and oxygen atoms in total. The average Bonchev–Trinajstić information content (AvgIpc) is 2.84. The van der Waals surface area contributed by atoms with Crippen LogP contribution in [0.2, 0.25) is 0 Å². The first-order valence-electron chi connectivity index (χ1n) is 10.9. The molecule has 1 aromatic heterocycles. The number of benzene rings is 2. The number of pyridine rings is 1. The number of nitrogens with zero attached hydrogens (tertiary/aromatic N) is 1. The van der Waals surface area contributed by atoms with E-state index in [1.807, 2.05) is 22.6 Å². The van der Waals surface area contributed by atoms with Gasteiger partial charge in [0.15, 0.2) is 0 Å². The average molecular weight is 608 g/mol. The Balaban J connectivity index is 1.82. The van der Waals surface area contributed by atoms with Gasteiger partial charge < -0.3 is 20.5 Å². The van der Waals surface area contributed by atoms with E-state index in [1.54, 1.807) is 24.3 Å². The van der Waals surface area contributed by atoms with Crippen molar-refractivity contribution >= 4 is 51.6 Å². The number of rotatable bonds is 8. The van der Waals surface area contributed by atoms with Crippen molar-refractivity contribution in [3.05, 3.63) is 73.3 Å². The molecule has 36 heavy (non-hydrogen) atoms. The third kappa shape index (κ3) is 5.50. The molecule has 1 aliphatic heterocycles. The van der Waals surface area contributed by atoms with Crippen LogP contribution in [0.1, 0.15) is 22.3 Å². The fraction of sp³-hybridized carbons (Fsp3) is 0.208. The molecule has 4 N–H and O–H groups in total. The van der Waals surface area contributed by atoms with Crippen molar-refractivity contribution in [2.45, 2.75) is 12.8 Å². The standard InChI is InChI=1S/C24H22FIN4O6/c1-30-21(33)12-19(36-18-4-2-3-16-14(18)6-8-20(32)27-16)22(24(34)29-35-10-9-31)23(30)28-17-7-5-13(26)11-15(17)25/h2-5,7,11-12,28,31H,6,8-10H2,1H3,(H,27,32)(H,29,34). The van der Waals surface area contributed by atoms with Gasteiger partial charge in [0.2, 0.25) is 5.91 Å². The lowest BCUT2D eigenvalue weighted by Gasteiger charge is -2.22. The van der Waals surface area contributed by atoms with Crippen LogP contribution in [0.5, 0.6) is 11.5 Å². The highest BCUT2D eigenvalue weighted by Gasteiger charge is 2.26. The molecule has 0 saturated carbocycles. The predicted octanol–water partition coefficient (Wildman–Crippen LogP) is 3.20. The minimum Gasteiger partial charge on any atom is -0.456 e. The molecule has 3 aromatic rings. The van der Waals surface area contributed by atoms with Gasteiger partial charge in [-0.3, -0.25) is 23.8 Å². The second kappa shape index (κ2) is 11.1. The number of fused-ring (bicyclic) bond motifs is 1. The highest BCUT2D eigenvalue weighted by Crippen LogP contribution is 2.37. The zero-order valence-corrected chi connectivity index (χ0v) is 21.2. The van der Waals surface area contributed by atoms with E-state index < -0.39 is 17.3 Å². The Morgan fingerprint density at radius 1 is 1.19 bits per heavy atom.